The molecule has 18 heavy (non-hydrogen) atoms. The number of hydrogen-bond donors (Lipinski definition) is 0. The molecule has 1 aromatic rings. The van der Waals surface area contributed by atoms with E-state index in [0.717, 1.165) is 17.7 Å². The highest BCUT2D eigenvalue weighted by Gasteiger charge is 2.33. The molecule has 0 aromatic heterocycles. The lowest BCUT2D eigenvalue weighted by Crippen LogP contribution is -2.29. The van der Waals surface area contributed by atoms with Gasteiger partial charge in [0, 0.05) is 18.3 Å². The van der Waals surface area contributed by atoms with Crippen LogP contribution in [0.1, 0.15) is 20.3 Å². The second-order valence-electron chi connectivity index (χ2n) is 5.69. The smallest absolute Gasteiger partial charge is 0.253 e. The molecular formula is C16H20NO. The van der Waals surface area contributed by atoms with Crippen molar-refractivity contribution in [3.8, 4) is 0 Å². The van der Waals surface area contributed by atoms with Gasteiger partial charge in [0.25, 0.3) is 5.91 Å². The fourth-order valence-corrected chi connectivity index (χ4v) is 2.54. The van der Waals surface area contributed by atoms with Crippen LogP contribution < -0.4 is 4.90 Å². The van der Waals surface area contributed by atoms with Gasteiger partial charge >= 0.3 is 0 Å². The molecule has 0 saturated heterocycles. The molecule has 2 rings (SSSR count). The summed E-state index contributed by atoms with van der Waals surface area (Å²) in [5.41, 5.74) is 1.83. The predicted molar refractivity (Wildman–Crippen MR) is 75.2 cm³/mol. The fraction of sp³-hybridized carbons (Fsp3) is 0.375. The molecular weight excluding hydrogens is 222 g/mol. The molecule has 1 aliphatic rings. The first-order valence-corrected chi connectivity index (χ1v) is 6.30. The summed E-state index contributed by atoms with van der Waals surface area (Å²) in [5.74, 6) is 0.158. The molecule has 1 aromatic carbocycles. The van der Waals surface area contributed by atoms with E-state index in [1.807, 2.05) is 37.4 Å². The van der Waals surface area contributed by atoms with Gasteiger partial charge in [-0.05, 0) is 36.8 Å². The van der Waals surface area contributed by atoms with Crippen LogP contribution in [0.3, 0.4) is 0 Å². The van der Waals surface area contributed by atoms with Gasteiger partial charge < -0.3 is 4.90 Å². The lowest BCUT2D eigenvalue weighted by atomic mass is 9.91. The van der Waals surface area contributed by atoms with Crippen LogP contribution in [0.5, 0.6) is 0 Å². The molecule has 2 nitrogen and oxygen atoms in total. The standard InChI is InChI=1S/C16H20NO/c1-12-10-16(2,3)11-14(12)15(18)17(4)13-8-6-5-7-9-13/h5-9,11-12H,1,10H2,2-4H3/t12-/m0/s1. The van der Waals surface area contributed by atoms with Crippen molar-refractivity contribution >= 4 is 11.6 Å². The Morgan fingerprint density at radius 3 is 2.44 bits per heavy atom. The lowest BCUT2D eigenvalue weighted by Gasteiger charge is -2.19. The lowest BCUT2D eigenvalue weighted by molar-refractivity contribution is -0.115. The number of hydrogen-bond acceptors (Lipinski definition) is 1. The van der Waals surface area contributed by atoms with Gasteiger partial charge in [0.1, 0.15) is 0 Å². The fourth-order valence-electron chi connectivity index (χ4n) is 2.54. The molecule has 0 unspecified atom stereocenters. The third kappa shape index (κ3) is 2.47. The van der Waals surface area contributed by atoms with Crippen molar-refractivity contribution in [2.45, 2.75) is 20.3 Å². The zero-order chi connectivity index (χ0) is 13.3. The molecule has 0 aliphatic heterocycles. The minimum atomic E-state index is 0.0618. The Labute approximate surface area is 109 Å². The van der Waals surface area contributed by atoms with Crippen molar-refractivity contribution < 1.29 is 4.79 Å². The van der Waals surface area contributed by atoms with E-state index in [1.54, 1.807) is 4.90 Å². The highest BCUT2D eigenvalue weighted by Crippen LogP contribution is 2.39. The number of anilines is 1. The summed E-state index contributed by atoms with van der Waals surface area (Å²) in [7, 11) is 1.82. The van der Waals surface area contributed by atoms with E-state index in [0.29, 0.717) is 0 Å². The van der Waals surface area contributed by atoms with Crippen LogP contribution in [0.4, 0.5) is 5.69 Å². The first-order valence-electron chi connectivity index (χ1n) is 6.30. The molecule has 2 heteroatoms. The third-order valence-corrected chi connectivity index (χ3v) is 3.45. The van der Waals surface area contributed by atoms with Gasteiger partial charge in [0.2, 0.25) is 0 Å². The quantitative estimate of drug-likeness (QED) is 0.777. The minimum Gasteiger partial charge on any atom is -0.312 e. The second-order valence-corrected chi connectivity index (χ2v) is 5.69. The Balaban J connectivity index is 2.23. The molecule has 1 amide bonds. The van der Waals surface area contributed by atoms with Gasteiger partial charge in [0.15, 0.2) is 0 Å². The van der Waals surface area contributed by atoms with Gasteiger partial charge in [0.05, 0.1) is 0 Å². The number of allylic oxidation sites excluding steroid dienone is 1. The maximum atomic E-state index is 12.5. The molecule has 0 saturated carbocycles. The summed E-state index contributed by atoms with van der Waals surface area (Å²) in [6, 6.07) is 9.71. The molecule has 0 bridgehead atoms. The zero-order valence-electron chi connectivity index (χ0n) is 11.3. The van der Waals surface area contributed by atoms with E-state index >= 15 is 0 Å². The number of benzene rings is 1. The first-order chi connectivity index (χ1) is 8.41. The Kier molecular flexibility index (Phi) is 3.29. The maximum Gasteiger partial charge on any atom is 0.253 e. The molecule has 0 spiro atoms. The van der Waals surface area contributed by atoms with Crippen molar-refractivity contribution in [2.24, 2.45) is 11.3 Å². The first kappa shape index (κ1) is 12.9. The molecule has 1 atom stereocenters. The number of nitrogens with zero attached hydrogens (tertiary/aromatic N) is 1. The molecule has 0 fully saturated rings. The Hall–Kier alpha value is -1.57. The van der Waals surface area contributed by atoms with E-state index < -0.39 is 0 Å². The van der Waals surface area contributed by atoms with Crippen LogP contribution in [0.15, 0.2) is 42.0 Å². The van der Waals surface area contributed by atoms with Gasteiger partial charge in [-0.3, -0.25) is 4.79 Å². The van der Waals surface area contributed by atoms with Crippen molar-refractivity contribution in [1.82, 2.24) is 0 Å². The van der Waals surface area contributed by atoms with Crippen LogP contribution in [-0.2, 0) is 4.79 Å². The van der Waals surface area contributed by atoms with Crippen molar-refractivity contribution in [1.29, 1.82) is 0 Å². The average molecular weight is 242 g/mol. The molecule has 0 N–H and O–H groups in total. The number of para-hydroxylation sites is 1. The average Bonchev–Trinajstić information content (AvgIpc) is 2.62. The van der Waals surface area contributed by atoms with Crippen molar-refractivity contribution in [3.63, 3.8) is 0 Å². The molecule has 1 radical (unpaired) electrons. The number of carbonyl (C=O) groups is 1. The summed E-state index contributed by atoms with van der Waals surface area (Å²) in [4.78, 5) is 14.2. The molecule has 95 valence electrons. The van der Waals surface area contributed by atoms with E-state index in [2.05, 4.69) is 26.8 Å². The van der Waals surface area contributed by atoms with Gasteiger partial charge in [-0.1, -0.05) is 38.1 Å². The number of amides is 1. The Bertz CT molecular complexity index is 473. The topological polar surface area (TPSA) is 20.3 Å². The van der Waals surface area contributed by atoms with E-state index in [9.17, 15) is 4.79 Å². The monoisotopic (exact) mass is 242 g/mol. The Morgan fingerprint density at radius 2 is 1.94 bits per heavy atom. The van der Waals surface area contributed by atoms with Gasteiger partial charge in [-0.25, -0.2) is 0 Å². The van der Waals surface area contributed by atoms with E-state index in [-0.39, 0.29) is 17.2 Å². The largest absolute Gasteiger partial charge is 0.312 e. The van der Waals surface area contributed by atoms with Gasteiger partial charge in [-0.2, -0.15) is 0 Å². The minimum absolute atomic E-state index is 0.0618. The van der Waals surface area contributed by atoms with Crippen LogP contribution in [-0.4, -0.2) is 13.0 Å². The second kappa shape index (κ2) is 4.60. The Morgan fingerprint density at radius 1 is 1.33 bits per heavy atom. The van der Waals surface area contributed by atoms with Crippen LogP contribution in [0, 0.1) is 18.3 Å². The molecule has 1 aliphatic carbocycles. The van der Waals surface area contributed by atoms with Crippen LogP contribution in [0.25, 0.3) is 0 Å². The van der Waals surface area contributed by atoms with E-state index in [4.69, 9.17) is 0 Å². The highest BCUT2D eigenvalue weighted by molar-refractivity contribution is 6.06. The molecule has 0 heterocycles. The summed E-state index contributed by atoms with van der Waals surface area (Å²) in [5, 5.41) is 0. The predicted octanol–water partition coefficient (Wildman–Crippen LogP) is 3.46. The number of carbonyl (C=O) groups excluding carboxylic acids is 1. The normalized spacial score (nSPS) is 21.6. The van der Waals surface area contributed by atoms with Crippen LogP contribution in [0.2, 0.25) is 0 Å². The summed E-state index contributed by atoms with van der Waals surface area (Å²) in [6.45, 7) is 8.39. The van der Waals surface area contributed by atoms with Crippen LogP contribution >= 0.6 is 0 Å². The SMILES string of the molecule is [CH2][C@H]1CC(C)(C)C=C1C(=O)N(C)c1ccccc1. The van der Waals surface area contributed by atoms with E-state index in [1.165, 1.54) is 0 Å². The number of rotatable bonds is 2. The summed E-state index contributed by atoms with van der Waals surface area (Å²) >= 11 is 0. The van der Waals surface area contributed by atoms with Crippen molar-refractivity contribution in [2.75, 3.05) is 11.9 Å². The third-order valence-electron chi connectivity index (χ3n) is 3.45. The van der Waals surface area contributed by atoms with Gasteiger partial charge in [-0.15, -0.1) is 0 Å². The summed E-state index contributed by atoms with van der Waals surface area (Å²) < 4.78 is 0. The number of likely N-dealkylation sites (N-methyl/N-ethyl adjacent to an activating group) is 1. The maximum absolute atomic E-state index is 12.5. The summed E-state index contributed by atoms with van der Waals surface area (Å²) in [6.07, 6.45) is 3.02. The highest BCUT2D eigenvalue weighted by atomic mass is 16.2. The zero-order valence-corrected chi connectivity index (χ0v) is 11.3. The van der Waals surface area contributed by atoms with Crippen molar-refractivity contribution in [3.05, 3.63) is 48.9 Å².